The zero-order valence-electron chi connectivity index (χ0n) is 11.0. The van der Waals surface area contributed by atoms with Crippen molar-refractivity contribution >= 4 is 35.2 Å². The number of anilines is 1. The number of carboxylic acids is 1. The Kier molecular flexibility index (Phi) is 4.44. The molecule has 0 bridgehead atoms. The SMILES string of the molecule is CCc1ccc(N2C(=O)C[C@@H](SCC(=O)O)C2=O)cc1. The minimum Gasteiger partial charge on any atom is -0.481 e. The first-order valence-corrected chi connectivity index (χ1v) is 7.37. The molecular weight excluding hydrogens is 278 g/mol. The highest BCUT2D eigenvalue weighted by Crippen LogP contribution is 2.29. The molecule has 1 fully saturated rings. The lowest BCUT2D eigenvalue weighted by Crippen LogP contribution is -2.31. The number of hydrogen-bond donors (Lipinski definition) is 1. The second-order valence-corrected chi connectivity index (χ2v) is 5.68. The average Bonchev–Trinajstić information content (AvgIpc) is 2.71. The molecule has 0 aliphatic carbocycles. The van der Waals surface area contributed by atoms with Crippen molar-refractivity contribution in [1.29, 1.82) is 0 Å². The molecule has 2 amide bonds. The number of carbonyl (C=O) groups excluding carboxylic acids is 2. The van der Waals surface area contributed by atoms with Crippen LogP contribution >= 0.6 is 11.8 Å². The number of rotatable bonds is 5. The Hall–Kier alpha value is -1.82. The van der Waals surface area contributed by atoms with Crippen LogP contribution in [0.4, 0.5) is 5.69 Å². The molecule has 1 aliphatic rings. The third kappa shape index (κ3) is 3.01. The highest BCUT2D eigenvalue weighted by atomic mass is 32.2. The summed E-state index contributed by atoms with van der Waals surface area (Å²) in [6.07, 6.45) is 0.950. The Labute approximate surface area is 121 Å². The molecule has 1 aliphatic heterocycles. The zero-order valence-corrected chi connectivity index (χ0v) is 11.9. The molecule has 20 heavy (non-hydrogen) atoms. The van der Waals surface area contributed by atoms with Gasteiger partial charge in [0.1, 0.15) is 0 Å². The fraction of sp³-hybridized carbons (Fsp3) is 0.357. The quantitative estimate of drug-likeness (QED) is 0.836. The van der Waals surface area contributed by atoms with E-state index >= 15 is 0 Å². The summed E-state index contributed by atoms with van der Waals surface area (Å²) in [6, 6.07) is 7.26. The Morgan fingerprint density at radius 3 is 2.55 bits per heavy atom. The van der Waals surface area contributed by atoms with Crippen molar-refractivity contribution in [3.8, 4) is 0 Å². The van der Waals surface area contributed by atoms with E-state index < -0.39 is 11.2 Å². The molecule has 1 saturated heterocycles. The van der Waals surface area contributed by atoms with Crippen LogP contribution in [0.25, 0.3) is 0 Å². The molecule has 0 radical (unpaired) electrons. The Morgan fingerprint density at radius 1 is 1.35 bits per heavy atom. The minimum absolute atomic E-state index is 0.0618. The summed E-state index contributed by atoms with van der Waals surface area (Å²) < 4.78 is 0. The summed E-state index contributed by atoms with van der Waals surface area (Å²) in [5.74, 6) is -1.76. The van der Waals surface area contributed by atoms with Gasteiger partial charge >= 0.3 is 5.97 Å². The fourth-order valence-electron chi connectivity index (χ4n) is 2.06. The number of amides is 2. The second kappa shape index (κ2) is 6.09. The first-order chi connectivity index (χ1) is 9.52. The number of aryl methyl sites for hydroxylation is 1. The summed E-state index contributed by atoms with van der Waals surface area (Å²) in [4.78, 5) is 35.8. The van der Waals surface area contributed by atoms with Crippen LogP contribution in [0.5, 0.6) is 0 Å². The standard InChI is InChI=1S/C14H15NO4S/c1-2-9-3-5-10(6-4-9)15-12(16)7-11(14(15)19)20-8-13(17)18/h3-6,11H,2,7-8H2,1H3,(H,17,18)/t11-/m1/s1. The maximum absolute atomic E-state index is 12.2. The van der Waals surface area contributed by atoms with Crippen molar-refractivity contribution in [1.82, 2.24) is 0 Å². The van der Waals surface area contributed by atoms with Crippen LogP contribution in [0, 0.1) is 0 Å². The molecule has 0 unspecified atom stereocenters. The van der Waals surface area contributed by atoms with E-state index in [0.717, 1.165) is 28.6 Å². The van der Waals surface area contributed by atoms with Crippen molar-refractivity contribution in [2.24, 2.45) is 0 Å². The predicted molar refractivity (Wildman–Crippen MR) is 76.8 cm³/mol. The van der Waals surface area contributed by atoms with Crippen molar-refractivity contribution in [3.05, 3.63) is 29.8 Å². The molecule has 1 heterocycles. The van der Waals surface area contributed by atoms with Crippen molar-refractivity contribution in [2.45, 2.75) is 25.0 Å². The van der Waals surface area contributed by atoms with Gasteiger partial charge in [-0.05, 0) is 24.1 Å². The maximum atomic E-state index is 12.2. The Bertz CT molecular complexity index is 541. The number of hydrogen-bond acceptors (Lipinski definition) is 4. The summed E-state index contributed by atoms with van der Waals surface area (Å²) in [5.41, 5.74) is 1.68. The van der Waals surface area contributed by atoms with Gasteiger partial charge in [0.05, 0.1) is 16.7 Å². The topological polar surface area (TPSA) is 74.7 Å². The molecular formula is C14H15NO4S. The van der Waals surface area contributed by atoms with Crippen molar-refractivity contribution in [2.75, 3.05) is 10.7 Å². The number of benzene rings is 1. The lowest BCUT2D eigenvalue weighted by atomic mass is 10.1. The van der Waals surface area contributed by atoms with Gasteiger partial charge in [0, 0.05) is 6.42 Å². The van der Waals surface area contributed by atoms with Crippen LogP contribution in [0.2, 0.25) is 0 Å². The summed E-state index contributed by atoms with van der Waals surface area (Å²) >= 11 is 0.998. The van der Waals surface area contributed by atoms with E-state index in [1.807, 2.05) is 19.1 Å². The Balaban J connectivity index is 2.13. The average molecular weight is 293 g/mol. The monoisotopic (exact) mass is 293 g/mol. The molecule has 106 valence electrons. The number of carbonyl (C=O) groups is 3. The molecule has 6 heteroatoms. The van der Waals surface area contributed by atoms with Crippen LogP contribution < -0.4 is 4.90 Å². The van der Waals surface area contributed by atoms with E-state index in [0.29, 0.717) is 5.69 Å². The van der Waals surface area contributed by atoms with E-state index in [2.05, 4.69) is 0 Å². The second-order valence-electron chi connectivity index (χ2n) is 4.48. The van der Waals surface area contributed by atoms with Gasteiger partial charge in [0.25, 0.3) is 0 Å². The van der Waals surface area contributed by atoms with E-state index in [4.69, 9.17) is 5.11 Å². The first kappa shape index (κ1) is 14.6. The molecule has 1 N–H and O–H groups in total. The fourth-order valence-corrected chi connectivity index (χ4v) is 2.91. The summed E-state index contributed by atoms with van der Waals surface area (Å²) in [7, 11) is 0. The lowest BCUT2D eigenvalue weighted by molar-refractivity contribution is -0.134. The van der Waals surface area contributed by atoms with Crippen molar-refractivity contribution < 1.29 is 19.5 Å². The zero-order chi connectivity index (χ0) is 14.7. The molecule has 2 rings (SSSR count). The minimum atomic E-state index is -0.985. The molecule has 1 aromatic rings. The number of imide groups is 1. The van der Waals surface area contributed by atoms with E-state index in [1.54, 1.807) is 12.1 Å². The molecule has 0 aromatic heterocycles. The molecule has 0 saturated carbocycles. The highest BCUT2D eigenvalue weighted by molar-refractivity contribution is 8.01. The Morgan fingerprint density at radius 2 is 2.00 bits per heavy atom. The smallest absolute Gasteiger partial charge is 0.313 e. The molecule has 0 spiro atoms. The number of carboxylic acid groups (broad SMARTS) is 1. The third-order valence-corrected chi connectivity index (χ3v) is 4.30. The number of aliphatic carboxylic acids is 1. The van der Waals surface area contributed by atoms with Gasteiger partial charge in [-0.25, -0.2) is 4.90 Å². The molecule has 1 aromatic carbocycles. The van der Waals surface area contributed by atoms with Crippen LogP contribution in [0.15, 0.2) is 24.3 Å². The van der Waals surface area contributed by atoms with Gasteiger partial charge in [-0.15, -0.1) is 11.8 Å². The summed E-state index contributed by atoms with van der Waals surface area (Å²) in [6.45, 7) is 2.03. The molecule has 5 nitrogen and oxygen atoms in total. The van der Waals surface area contributed by atoms with Crippen LogP contribution in [-0.4, -0.2) is 33.9 Å². The highest BCUT2D eigenvalue weighted by Gasteiger charge is 2.39. The number of nitrogens with zero attached hydrogens (tertiary/aromatic N) is 1. The largest absolute Gasteiger partial charge is 0.481 e. The van der Waals surface area contributed by atoms with Crippen molar-refractivity contribution in [3.63, 3.8) is 0 Å². The predicted octanol–water partition coefficient (Wildman–Crippen LogP) is 1.70. The van der Waals surface area contributed by atoms with Gasteiger partial charge in [-0.1, -0.05) is 19.1 Å². The van der Waals surface area contributed by atoms with Crippen LogP contribution in [0.3, 0.4) is 0 Å². The number of thioether (sulfide) groups is 1. The first-order valence-electron chi connectivity index (χ1n) is 6.32. The lowest BCUT2D eigenvalue weighted by Gasteiger charge is -2.15. The van der Waals surface area contributed by atoms with Gasteiger partial charge in [-0.2, -0.15) is 0 Å². The van der Waals surface area contributed by atoms with E-state index in [-0.39, 0.29) is 24.0 Å². The normalized spacial score (nSPS) is 18.6. The third-order valence-electron chi connectivity index (χ3n) is 3.12. The van der Waals surface area contributed by atoms with E-state index in [9.17, 15) is 14.4 Å². The van der Waals surface area contributed by atoms with Gasteiger partial charge in [0.2, 0.25) is 11.8 Å². The van der Waals surface area contributed by atoms with E-state index in [1.165, 1.54) is 0 Å². The maximum Gasteiger partial charge on any atom is 0.313 e. The summed E-state index contributed by atoms with van der Waals surface area (Å²) in [5, 5.41) is 8.04. The van der Waals surface area contributed by atoms with Crippen LogP contribution in [-0.2, 0) is 20.8 Å². The van der Waals surface area contributed by atoms with Crippen LogP contribution in [0.1, 0.15) is 18.9 Å². The molecule has 1 atom stereocenters. The van der Waals surface area contributed by atoms with Gasteiger partial charge in [-0.3, -0.25) is 14.4 Å². The van der Waals surface area contributed by atoms with Gasteiger partial charge in [0.15, 0.2) is 0 Å². The van der Waals surface area contributed by atoms with Gasteiger partial charge < -0.3 is 5.11 Å².